The number of benzene rings is 2. The molecule has 2 atom stereocenters. The Kier molecular flexibility index (Phi) is 4.55. The van der Waals surface area contributed by atoms with Crippen molar-refractivity contribution in [1.82, 2.24) is 5.32 Å². The van der Waals surface area contributed by atoms with Gasteiger partial charge in [-0.25, -0.2) is 0 Å². The Morgan fingerprint density at radius 1 is 1.09 bits per heavy atom. The van der Waals surface area contributed by atoms with Crippen molar-refractivity contribution in [3.63, 3.8) is 0 Å². The normalized spacial score (nSPS) is 19.8. The Labute approximate surface area is 136 Å². The molecule has 116 valence electrons. The Morgan fingerprint density at radius 3 is 2.55 bits per heavy atom. The van der Waals surface area contributed by atoms with Crippen molar-refractivity contribution in [3.8, 4) is 11.5 Å². The molecule has 0 unspecified atom stereocenters. The summed E-state index contributed by atoms with van der Waals surface area (Å²) in [7, 11) is 3.22. The Hall–Kier alpha value is -1.71. The summed E-state index contributed by atoms with van der Waals surface area (Å²) in [6.45, 7) is 0.729. The molecule has 3 rings (SSSR count). The fourth-order valence-electron chi connectivity index (χ4n) is 2.80. The van der Waals surface area contributed by atoms with Gasteiger partial charge in [0.2, 0.25) is 0 Å². The van der Waals surface area contributed by atoms with Crippen molar-refractivity contribution in [1.29, 1.82) is 0 Å². The quantitative estimate of drug-likeness (QED) is 0.873. The molecule has 0 spiro atoms. The van der Waals surface area contributed by atoms with E-state index in [0.717, 1.165) is 12.1 Å². The number of halogens is 1. The predicted molar refractivity (Wildman–Crippen MR) is 89.0 cm³/mol. The smallest absolute Gasteiger partial charge is 0.179 e. The van der Waals surface area contributed by atoms with E-state index < -0.39 is 0 Å². The van der Waals surface area contributed by atoms with Crippen molar-refractivity contribution in [2.45, 2.75) is 24.9 Å². The lowest BCUT2D eigenvalue weighted by Crippen LogP contribution is -2.17. The van der Waals surface area contributed by atoms with Gasteiger partial charge in [0.15, 0.2) is 11.5 Å². The molecule has 3 nitrogen and oxygen atoms in total. The van der Waals surface area contributed by atoms with E-state index >= 15 is 0 Å². The zero-order chi connectivity index (χ0) is 15.5. The molecule has 0 amide bonds. The first-order valence-electron chi connectivity index (χ1n) is 7.42. The second kappa shape index (κ2) is 6.59. The monoisotopic (exact) mass is 317 g/mol. The molecule has 1 aliphatic carbocycles. The van der Waals surface area contributed by atoms with E-state index in [9.17, 15) is 0 Å². The maximum atomic E-state index is 6.41. The van der Waals surface area contributed by atoms with Crippen LogP contribution in [0.4, 0.5) is 0 Å². The van der Waals surface area contributed by atoms with Gasteiger partial charge in [-0.2, -0.15) is 0 Å². The van der Waals surface area contributed by atoms with Crippen LogP contribution in [-0.2, 0) is 6.54 Å². The molecule has 0 bridgehead atoms. The molecule has 0 radical (unpaired) electrons. The molecule has 1 fully saturated rings. The van der Waals surface area contributed by atoms with Crippen LogP contribution in [0.3, 0.4) is 0 Å². The zero-order valence-corrected chi connectivity index (χ0v) is 13.6. The topological polar surface area (TPSA) is 30.5 Å². The molecular weight excluding hydrogens is 298 g/mol. The van der Waals surface area contributed by atoms with E-state index in [2.05, 4.69) is 35.6 Å². The maximum absolute atomic E-state index is 6.41. The number of methoxy groups -OCH3 is 2. The summed E-state index contributed by atoms with van der Waals surface area (Å²) in [5.74, 6) is 1.86. The van der Waals surface area contributed by atoms with Gasteiger partial charge in [-0.15, -0.1) is 0 Å². The largest absolute Gasteiger partial charge is 0.493 e. The van der Waals surface area contributed by atoms with Crippen LogP contribution in [0.2, 0.25) is 5.02 Å². The molecular formula is C18H20ClNO2. The molecule has 0 aliphatic heterocycles. The highest BCUT2D eigenvalue weighted by Crippen LogP contribution is 2.42. The SMILES string of the molecule is COc1ccc(CN[C@@H]2C[C@H]2c2ccccc2)c(Cl)c1OC. The van der Waals surface area contributed by atoms with Crippen LogP contribution in [0.15, 0.2) is 42.5 Å². The van der Waals surface area contributed by atoms with Crippen LogP contribution < -0.4 is 14.8 Å². The molecule has 0 heterocycles. The fraction of sp³-hybridized carbons (Fsp3) is 0.333. The highest BCUT2D eigenvalue weighted by atomic mass is 35.5. The van der Waals surface area contributed by atoms with Crippen molar-refractivity contribution >= 4 is 11.6 Å². The predicted octanol–water partition coefficient (Wildman–Crippen LogP) is 4.00. The molecule has 1 aliphatic rings. The summed E-state index contributed by atoms with van der Waals surface area (Å²) in [6.07, 6.45) is 1.18. The number of hydrogen-bond acceptors (Lipinski definition) is 3. The van der Waals surface area contributed by atoms with Gasteiger partial charge >= 0.3 is 0 Å². The number of nitrogens with one attached hydrogen (secondary N) is 1. The third kappa shape index (κ3) is 3.06. The van der Waals surface area contributed by atoms with E-state index in [1.807, 2.05) is 12.1 Å². The van der Waals surface area contributed by atoms with Gasteiger partial charge in [0.25, 0.3) is 0 Å². The van der Waals surface area contributed by atoms with Crippen LogP contribution in [0.5, 0.6) is 11.5 Å². The minimum atomic E-state index is 0.520. The van der Waals surface area contributed by atoms with Crippen molar-refractivity contribution in [2.24, 2.45) is 0 Å². The third-order valence-electron chi connectivity index (χ3n) is 4.14. The zero-order valence-electron chi connectivity index (χ0n) is 12.8. The first-order chi connectivity index (χ1) is 10.7. The summed E-state index contributed by atoms with van der Waals surface area (Å²) in [5.41, 5.74) is 2.43. The summed E-state index contributed by atoms with van der Waals surface area (Å²) < 4.78 is 10.6. The average Bonchev–Trinajstić information content (AvgIpc) is 3.34. The number of ether oxygens (including phenoxy) is 2. The second-order valence-electron chi connectivity index (χ2n) is 5.51. The first kappa shape index (κ1) is 15.2. The minimum Gasteiger partial charge on any atom is -0.493 e. The molecule has 4 heteroatoms. The molecule has 2 aromatic carbocycles. The van der Waals surface area contributed by atoms with Gasteiger partial charge in [-0.1, -0.05) is 48.0 Å². The first-order valence-corrected chi connectivity index (χ1v) is 7.80. The number of hydrogen-bond donors (Lipinski definition) is 1. The van der Waals surface area contributed by atoms with Crippen LogP contribution in [0.25, 0.3) is 0 Å². The Bertz CT molecular complexity index is 645. The maximum Gasteiger partial charge on any atom is 0.179 e. The molecule has 22 heavy (non-hydrogen) atoms. The van der Waals surface area contributed by atoms with E-state index in [1.165, 1.54) is 12.0 Å². The van der Waals surface area contributed by atoms with Gasteiger partial charge < -0.3 is 14.8 Å². The lowest BCUT2D eigenvalue weighted by molar-refractivity contribution is 0.354. The van der Waals surface area contributed by atoms with Crippen LogP contribution in [-0.4, -0.2) is 20.3 Å². The Balaban J connectivity index is 1.64. The second-order valence-corrected chi connectivity index (χ2v) is 5.89. The van der Waals surface area contributed by atoms with Crippen LogP contribution >= 0.6 is 11.6 Å². The van der Waals surface area contributed by atoms with Gasteiger partial charge in [0.05, 0.1) is 19.2 Å². The van der Waals surface area contributed by atoms with Crippen LogP contribution in [0.1, 0.15) is 23.5 Å². The van der Waals surface area contributed by atoms with Crippen molar-refractivity contribution in [2.75, 3.05) is 14.2 Å². The third-order valence-corrected chi connectivity index (χ3v) is 4.55. The minimum absolute atomic E-state index is 0.520. The number of rotatable bonds is 6. The van der Waals surface area contributed by atoms with Gasteiger partial charge in [-0.3, -0.25) is 0 Å². The summed E-state index contributed by atoms with van der Waals surface area (Å²) in [6, 6.07) is 15.0. The van der Waals surface area contributed by atoms with E-state index in [1.54, 1.807) is 14.2 Å². The molecule has 2 aromatic rings. The molecule has 0 saturated heterocycles. The summed E-state index contributed by atoms with van der Waals surface area (Å²) in [4.78, 5) is 0. The van der Waals surface area contributed by atoms with E-state index in [0.29, 0.717) is 28.5 Å². The van der Waals surface area contributed by atoms with E-state index in [4.69, 9.17) is 21.1 Å². The van der Waals surface area contributed by atoms with Gasteiger partial charge in [-0.05, 0) is 23.6 Å². The van der Waals surface area contributed by atoms with E-state index in [-0.39, 0.29) is 0 Å². The lowest BCUT2D eigenvalue weighted by atomic mass is 10.1. The van der Waals surface area contributed by atoms with Crippen molar-refractivity contribution in [3.05, 3.63) is 58.6 Å². The molecule has 1 saturated carbocycles. The highest BCUT2D eigenvalue weighted by Gasteiger charge is 2.37. The lowest BCUT2D eigenvalue weighted by Gasteiger charge is -2.13. The summed E-state index contributed by atoms with van der Waals surface area (Å²) in [5, 5.41) is 4.19. The standard InChI is InChI=1S/C18H20ClNO2/c1-21-16-9-8-13(17(19)18(16)22-2)11-20-15-10-14(15)12-6-4-3-5-7-12/h3-9,14-15,20H,10-11H2,1-2H3/t14-,15+/m0/s1. The molecule has 1 N–H and O–H groups in total. The average molecular weight is 318 g/mol. The fourth-order valence-corrected chi connectivity index (χ4v) is 3.10. The highest BCUT2D eigenvalue weighted by molar-refractivity contribution is 6.33. The summed E-state index contributed by atoms with van der Waals surface area (Å²) >= 11 is 6.41. The van der Waals surface area contributed by atoms with Gasteiger partial charge in [0, 0.05) is 18.5 Å². The van der Waals surface area contributed by atoms with Crippen molar-refractivity contribution < 1.29 is 9.47 Å². The Morgan fingerprint density at radius 2 is 1.86 bits per heavy atom. The molecule has 0 aromatic heterocycles. The van der Waals surface area contributed by atoms with Crippen LogP contribution in [0, 0.1) is 0 Å². The van der Waals surface area contributed by atoms with Gasteiger partial charge in [0.1, 0.15) is 0 Å².